The summed E-state index contributed by atoms with van der Waals surface area (Å²) in [6.07, 6.45) is -0.493. The Hall–Kier alpha value is -2.11. The van der Waals surface area contributed by atoms with Gasteiger partial charge in [0.05, 0.1) is 0 Å². The minimum Gasteiger partial charge on any atom is -0.444 e. The van der Waals surface area contributed by atoms with Crippen molar-refractivity contribution in [2.24, 2.45) is 0 Å². The van der Waals surface area contributed by atoms with Gasteiger partial charge in [-0.05, 0) is 45.4 Å². The van der Waals surface area contributed by atoms with Crippen LogP contribution in [0, 0.1) is 12.7 Å². The molecule has 0 radical (unpaired) electrons. The van der Waals surface area contributed by atoms with Crippen LogP contribution in [0.3, 0.4) is 0 Å². The van der Waals surface area contributed by atoms with Crippen LogP contribution in [0.2, 0.25) is 0 Å². The molecule has 1 aromatic rings. The third-order valence-electron chi connectivity index (χ3n) is 2.49. The molecule has 2 N–H and O–H groups in total. The Morgan fingerprint density at radius 3 is 2.57 bits per heavy atom. The number of anilines is 1. The molecule has 0 aliphatic heterocycles. The van der Waals surface area contributed by atoms with Crippen LogP contribution in [-0.2, 0) is 9.53 Å². The number of ether oxygens (including phenoxy) is 1. The molecule has 5 nitrogen and oxygen atoms in total. The van der Waals surface area contributed by atoms with E-state index in [1.807, 2.05) is 0 Å². The summed E-state index contributed by atoms with van der Waals surface area (Å²) in [5.41, 5.74) is 0.618. The highest BCUT2D eigenvalue weighted by molar-refractivity contribution is 5.91. The van der Waals surface area contributed by atoms with Crippen molar-refractivity contribution in [3.05, 3.63) is 29.6 Å². The predicted molar refractivity (Wildman–Crippen MR) is 78.6 cm³/mol. The van der Waals surface area contributed by atoms with E-state index in [4.69, 9.17) is 4.74 Å². The molecular formula is C15H21FN2O3. The number of alkyl carbamates (subject to hydrolysis) is 1. The lowest BCUT2D eigenvalue weighted by atomic mass is 10.2. The molecule has 0 aliphatic carbocycles. The molecule has 0 fully saturated rings. The van der Waals surface area contributed by atoms with Crippen molar-refractivity contribution < 1.29 is 18.7 Å². The summed E-state index contributed by atoms with van der Waals surface area (Å²) in [7, 11) is 0. The molecule has 0 spiro atoms. The van der Waals surface area contributed by atoms with Gasteiger partial charge in [0.1, 0.15) is 11.4 Å². The molecule has 0 atom stereocenters. The minimum atomic E-state index is -0.578. The molecule has 21 heavy (non-hydrogen) atoms. The van der Waals surface area contributed by atoms with Gasteiger partial charge in [-0.15, -0.1) is 0 Å². The van der Waals surface area contributed by atoms with Crippen LogP contribution in [0.25, 0.3) is 0 Å². The first-order chi connectivity index (χ1) is 9.67. The summed E-state index contributed by atoms with van der Waals surface area (Å²) in [6.45, 7) is 7.19. The van der Waals surface area contributed by atoms with Gasteiger partial charge in [-0.1, -0.05) is 6.07 Å². The lowest BCUT2D eigenvalue weighted by Gasteiger charge is -2.19. The van der Waals surface area contributed by atoms with Gasteiger partial charge in [-0.25, -0.2) is 9.18 Å². The molecule has 0 aromatic heterocycles. The summed E-state index contributed by atoms with van der Waals surface area (Å²) in [6, 6.07) is 4.17. The van der Waals surface area contributed by atoms with Crippen molar-refractivity contribution in [3.63, 3.8) is 0 Å². The van der Waals surface area contributed by atoms with Crippen LogP contribution in [0.5, 0.6) is 0 Å². The second kappa shape index (κ2) is 7.06. The smallest absolute Gasteiger partial charge is 0.407 e. The number of amides is 2. The highest BCUT2D eigenvalue weighted by Crippen LogP contribution is 2.16. The zero-order valence-electron chi connectivity index (χ0n) is 12.7. The van der Waals surface area contributed by atoms with Gasteiger partial charge in [0.25, 0.3) is 0 Å². The van der Waals surface area contributed by atoms with Crippen molar-refractivity contribution in [2.45, 2.75) is 39.7 Å². The van der Waals surface area contributed by atoms with Crippen LogP contribution in [0.15, 0.2) is 18.2 Å². The average molecular weight is 296 g/mol. The Morgan fingerprint density at radius 2 is 1.95 bits per heavy atom. The summed E-state index contributed by atoms with van der Waals surface area (Å²) >= 11 is 0. The van der Waals surface area contributed by atoms with E-state index in [-0.39, 0.29) is 18.9 Å². The third kappa shape index (κ3) is 6.74. The van der Waals surface area contributed by atoms with E-state index >= 15 is 0 Å². The predicted octanol–water partition coefficient (Wildman–Crippen LogP) is 2.99. The monoisotopic (exact) mass is 296 g/mol. The maximum atomic E-state index is 13.1. The quantitative estimate of drug-likeness (QED) is 0.897. The van der Waals surface area contributed by atoms with Crippen LogP contribution < -0.4 is 10.6 Å². The van der Waals surface area contributed by atoms with Crippen LogP contribution in [0.4, 0.5) is 14.9 Å². The van der Waals surface area contributed by atoms with Gasteiger partial charge in [0.15, 0.2) is 0 Å². The first-order valence-corrected chi connectivity index (χ1v) is 6.70. The molecule has 116 valence electrons. The molecule has 0 unspecified atom stereocenters. The Kier molecular flexibility index (Phi) is 5.69. The SMILES string of the molecule is Cc1ccc(F)cc1NC(=O)CCNC(=O)OC(C)(C)C. The molecule has 0 aliphatic rings. The molecule has 0 heterocycles. The summed E-state index contributed by atoms with van der Waals surface area (Å²) in [4.78, 5) is 23.1. The second-order valence-electron chi connectivity index (χ2n) is 5.69. The van der Waals surface area contributed by atoms with Gasteiger partial charge >= 0.3 is 6.09 Å². The highest BCUT2D eigenvalue weighted by Gasteiger charge is 2.16. The average Bonchev–Trinajstić information content (AvgIpc) is 2.31. The fourth-order valence-electron chi connectivity index (χ4n) is 1.53. The van der Waals surface area contributed by atoms with Crippen molar-refractivity contribution in [1.29, 1.82) is 0 Å². The summed E-state index contributed by atoms with van der Waals surface area (Å²) in [5, 5.41) is 5.09. The molecule has 1 rings (SSSR count). The maximum Gasteiger partial charge on any atom is 0.407 e. The molecule has 6 heteroatoms. The molecule has 0 bridgehead atoms. The zero-order chi connectivity index (χ0) is 16.0. The molecule has 2 amide bonds. The fourth-order valence-corrected chi connectivity index (χ4v) is 1.53. The molecule has 1 aromatic carbocycles. The standard InChI is InChI=1S/C15H21FN2O3/c1-10-5-6-11(16)9-12(10)18-13(19)7-8-17-14(20)21-15(2,3)4/h5-6,9H,7-8H2,1-4H3,(H,17,20)(H,18,19). The van der Waals surface area contributed by atoms with Crippen LogP contribution >= 0.6 is 0 Å². The van der Waals surface area contributed by atoms with Gasteiger partial charge < -0.3 is 15.4 Å². The number of halogens is 1. The van der Waals surface area contributed by atoms with E-state index in [0.717, 1.165) is 5.56 Å². The number of carbonyl (C=O) groups excluding carboxylic acids is 2. The van der Waals surface area contributed by atoms with Crippen molar-refractivity contribution >= 4 is 17.7 Å². The highest BCUT2D eigenvalue weighted by atomic mass is 19.1. The van der Waals surface area contributed by atoms with Gasteiger partial charge in [-0.3, -0.25) is 4.79 Å². The number of nitrogens with one attached hydrogen (secondary N) is 2. The van der Waals surface area contributed by atoms with Crippen molar-refractivity contribution in [2.75, 3.05) is 11.9 Å². The van der Waals surface area contributed by atoms with Gasteiger partial charge in [0, 0.05) is 18.7 Å². The fraction of sp³-hybridized carbons (Fsp3) is 0.467. The Labute approximate surface area is 123 Å². The normalized spacial score (nSPS) is 10.9. The first kappa shape index (κ1) is 16.9. The van der Waals surface area contributed by atoms with Crippen LogP contribution in [0.1, 0.15) is 32.8 Å². The lowest BCUT2D eigenvalue weighted by molar-refractivity contribution is -0.116. The summed E-state index contributed by atoms with van der Waals surface area (Å²) < 4.78 is 18.1. The number of aryl methyl sites for hydroxylation is 1. The Balaban J connectivity index is 2.38. The number of carbonyl (C=O) groups is 2. The summed E-state index contributed by atoms with van der Waals surface area (Å²) in [5.74, 6) is -0.720. The first-order valence-electron chi connectivity index (χ1n) is 6.70. The van der Waals surface area contributed by atoms with Crippen molar-refractivity contribution in [3.8, 4) is 0 Å². The molecule has 0 saturated heterocycles. The maximum absolute atomic E-state index is 13.1. The van der Waals surface area contributed by atoms with E-state index in [1.165, 1.54) is 12.1 Å². The van der Waals surface area contributed by atoms with Gasteiger partial charge in [-0.2, -0.15) is 0 Å². The number of hydrogen-bond donors (Lipinski definition) is 2. The Bertz CT molecular complexity index is 524. The van der Waals surface area contributed by atoms with Gasteiger partial charge in [0.2, 0.25) is 5.91 Å². The molecular weight excluding hydrogens is 275 g/mol. The Morgan fingerprint density at radius 1 is 1.29 bits per heavy atom. The topological polar surface area (TPSA) is 67.4 Å². The van der Waals surface area contributed by atoms with Crippen molar-refractivity contribution in [1.82, 2.24) is 5.32 Å². The number of hydrogen-bond acceptors (Lipinski definition) is 3. The second-order valence-corrected chi connectivity index (χ2v) is 5.69. The van der Waals surface area contributed by atoms with E-state index in [0.29, 0.717) is 5.69 Å². The van der Waals surface area contributed by atoms with E-state index in [9.17, 15) is 14.0 Å². The zero-order valence-corrected chi connectivity index (χ0v) is 12.7. The molecule has 0 saturated carbocycles. The largest absolute Gasteiger partial charge is 0.444 e. The van der Waals surface area contributed by atoms with E-state index in [2.05, 4.69) is 10.6 Å². The van der Waals surface area contributed by atoms with E-state index in [1.54, 1.807) is 33.8 Å². The lowest BCUT2D eigenvalue weighted by Crippen LogP contribution is -2.34. The number of benzene rings is 1. The third-order valence-corrected chi connectivity index (χ3v) is 2.49. The van der Waals surface area contributed by atoms with E-state index < -0.39 is 17.5 Å². The number of rotatable bonds is 4. The minimum absolute atomic E-state index is 0.0786. The van der Waals surface area contributed by atoms with Crippen LogP contribution in [-0.4, -0.2) is 24.1 Å².